The van der Waals surface area contributed by atoms with Gasteiger partial charge in [0.05, 0.1) is 17.3 Å². The number of halogens is 1. The van der Waals surface area contributed by atoms with Crippen molar-refractivity contribution in [3.8, 4) is 0 Å². The zero-order valence-electron chi connectivity index (χ0n) is 18.5. The van der Waals surface area contributed by atoms with Gasteiger partial charge < -0.3 is 13.7 Å². The van der Waals surface area contributed by atoms with Crippen LogP contribution in [0.2, 0.25) is 18.1 Å². The lowest BCUT2D eigenvalue weighted by Crippen LogP contribution is -2.44. The summed E-state index contributed by atoms with van der Waals surface area (Å²) in [5, 5.41) is 1.05. The molecule has 1 fully saturated rings. The van der Waals surface area contributed by atoms with Crippen LogP contribution in [0.5, 0.6) is 0 Å². The van der Waals surface area contributed by atoms with Crippen molar-refractivity contribution in [2.45, 2.75) is 97.2 Å². The summed E-state index contributed by atoms with van der Waals surface area (Å²) >= 11 is 3.51. The third-order valence-corrected chi connectivity index (χ3v) is 11.1. The van der Waals surface area contributed by atoms with Crippen LogP contribution in [0.25, 0.3) is 0 Å². The first-order chi connectivity index (χ1) is 11.6. The molecule has 0 saturated carbocycles. The van der Waals surface area contributed by atoms with E-state index in [1.165, 1.54) is 0 Å². The van der Waals surface area contributed by atoms with Gasteiger partial charge in [0.25, 0.3) is 0 Å². The van der Waals surface area contributed by atoms with Crippen molar-refractivity contribution in [3.63, 3.8) is 0 Å². The molecule has 1 aliphatic rings. The van der Waals surface area contributed by atoms with Gasteiger partial charge >= 0.3 is 7.12 Å². The van der Waals surface area contributed by atoms with Crippen LogP contribution in [-0.4, -0.2) is 38.1 Å². The Labute approximate surface area is 171 Å². The first kappa shape index (κ1) is 24.2. The minimum Gasteiger partial charge on any atom is -0.410 e. The van der Waals surface area contributed by atoms with E-state index in [9.17, 15) is 0 Å². The lowest BCUT2D eigenvalue weighted by molar-refractivity contribution is 0.00578. The molecule has 1 aliphatic heterocycles. The summed E-state index contributed by atoms with van der Waals surface area (Å²) in [7, 11) is -2.29. The van der Waals surface area contributed by atoms with Crippen LogP contribution in [0.3, 0.4) is 0 Å². The molecule has 0 aromatic rings. The van der Waals surface area contributed by atoms with Crippen molar-refractivity contribution in [2.24, 2.45) is 0 Å². The van der Waals surface area contributed by atoms with E-state index >= 15 is 0 Å². The highest BCUT2D eigenvalue weighted by Crippen LogP contribution is 2.42. The zero-order chi connectivity index (χ0) is 20.6. The molecule has 1 atom stereocenters. The van der Waals surface area contributed by atoms with Gasteiger partial charge in [-0.1, -0.05) is 49.4 Å². The topological polar surface area (TPSA) is 27.7 Å². The molecular weight excluding hydrogens is 407 g/mol. The van der Waals surface area contributed by atoms with Crippen LogP contribution >= 0.6 is 15.9 Å². The highest BCUT2D eigenvalue weighted by molar-refractivity contribution is 9.09. The molecule has 1 heterocycles. The van der Waals surface area contributed by atoms with Crippen molar-refractivity contribution >= 4 is 31.4 Å². The van der Waals surface area contributed by atoms with E-state index in [1.54, 1.807) is 0 Å². The Balaban J connectivity index is 3.06. The first-order valence-electron chi connectivity index (χ1n) is 9.54. The van der Waals surface area contributed by atoms with Crippen molar-refractivity contribution in [3.05, 3.63) is 23.7 Å². The maximum absolute atomic E-state index is 6.56. The van der Waals surface area contributed by atoms with Crippen molar-refractivity contribution in [1.29, 1.82) is 0 Å². The summed E-state index contributed by atoms with van der Waals surface area (Å²) < 4.78 is 19.1. The van der Waals surface area contributed by atoms with Crippen molar-refractivity contribution < 1.29 is 13.7 Å². The molecule has 26 heavy (non-hydrogen) atoms. The minimum atomic E-state index is -1.88. The third kappa shape index (κ3) is 5.34. The molecule has 3 nitrogen and oxygen atoms in total. The molecule has 0 aromatic carbocycles. The molecule has 0 radical (unpaired) electrons. The van der Waals surface area contributed by atoms with E-state index in [-0.39, 0.29) is 22.3 Å². The molecule has 0 amide bonds. The van der Waals surface area contributed by atoms with Crippen LogP contribution < -0.4 is 0 Å². The van der Waals surface area contributed by atoms with Gasteiger partial charge in [-0.05, 0) is 70.2 Å². The average Bonchev–Trinajstić information content (AvgIpc) is 2.65. The Kier molecular flexibility index (Phi) is 7.66. The van der Waals surface area contributed by atoms with Crippen LogP contribution in [0.15, 0.2) is 23.7 Å². The first-order valence-corrected chi connectivity index (χ1v) is 13.6. The fourth-order valence-corrected chi connectivity index (χ4v) is 4.09. The number of allylic oxidation sites excluding steroid dienone is 1. The molecule has 1 unspecified atom stereocenters. The Morgan fingerprint density at radius 3 is 2.04 bits per heavy atom. The Bertz CT molecular complexity index is 534. The van der Waals surface area contributed by atoms with E-state index in [0.29, 0.717) is 0 Å². The average molecular weight is 445 g/mol. The molecule has 1 rings (SSSR count). The fourth-order valence-electron chi connectivity index (χ4n) is 2.48. The monoisotopic (exact) mass is 444 g/mol. The van der Waals surface area contributed by atoms with E-state index in [4.69, 9.17) is 13.7 Å². The van der Waals surface area contributed by atoms with Gasteiger partial charge in [0.1, 0.15) is 0 Å². The predicted octanol–water partition coefficient (Wildman–Crippen LogP) is 6.30. The van der Waals surface area contributed by atoms with Gasteiger partial charge in [0, 0.05) is 5.33 Å². The lowest BCUT2D eigenvalue weighted by Gasteiger charge is -2.39. The standard InChI is InChI=1S/C20H38BBrO3Si/c1-15(16(2)23-26(10,11)18(3,4)5)17(13-12-14-22)21-24-19(6,7)20(8,9)25-21/h13,16H,1,12,14H2,2-11H3/b17-13-. The quantitative estimate of drug-likeness (QED) is 0.262. The van der Waals surface area contributed by atoms with Crippen molar-refractivity contribution in [2.75, 3.05) is 5.33 Å². The van der Waals surface area contributed by atoms with Gasteiger partial charge in [-0.15, -0.1) is 0 Å². The molecule has 0 spiro atoms. The summed E-state index contributed by atoms with van der Waals surface area (Å²) in [6.07, 6.45) is 2.99. The highest BCUT2D eigenvalue weighted by Gasteiger charge is 2.53. The largest absolute Gasteiger partial charge is 0.494 e. The normalized spacial score (nSPS) is 21.8. The highest BCUT2D eigenvalue weighted by atomic mass is 79.9. The molecule has 0 bridgehead atoms. The zero-order valence-corrected chi connectivity index (χ0v) is 21.0. The smallest absolute Gasteiger partial charge is 0.410 e. The van der Waals surface area contributed by atoms with Gasteiger partial charge in [-0.2, -0.15) is 0 Å². The van der Waals surface area contributed by atoms with Gasteiger partial charge in [-0.25, -0.2) is 0 Å². The second-order valence-electron chi connectivity index (χ2n) is 9.77. The number of alkyl halides is 1. The molecule has 0 N–H and O–H groups in total. The van der Waals surface area contributed by atoms with Crippen LogP contribution in [0.4, 0.5) is 0 Å². The summed E-state index contributed by atoms with van der Waals surface area (Å²) in [4.78, 5) is 0. The summed E-state index contributed by atoms with van der Waals surface area (Å²) in [6.45, 7) is 26.1. The maximum atomic E-state index is 6.56. The Morgan fingerprint density at radius 1 is 1.19 bits per heavy atom. The van der Waals surface area contributed by atoms with Gasteiger partial charge in [-0.3, -0.25) is 0 Å². The predicted molar refractivity (Wildman–Crippen MR) is 119 cm³/mol. The molecule has 1 saturated heterocycles. The van der Waals surface area contributed by atoms with Crippen molar-refractivity contribution in [1.82, 2.24) is 0 Å². The van der Waals surface area contributed by atoms with E-state index in [0.717, 1.165) is 22.8 Å². The lowest BCUT2D eigenvalue weighted by atomic mass is 9.72. The van der Waals surface area contributed by atoms with Gasteiger partial charge in [0.2, 0.25) is 0 Å². The van der Waals surface area contributed by atoms with E-state index in [2.05, 4.69) is 97.1 Å². The maximum Gasteiger partial charge on any atom is 0.494 e. The summed E-state index contributed by atoms with van der Waals surface area (Å²) in [6, 6.07) is 0. The number of hydrogen-bond donors (Lipinski definition) is 0. The summed E-state index contributed by atoms with van der Waals surface area (Å²) in [5.41, 5.74) is 1.23. The third-order valence-electron chi connectivity index (χ3n) is 6.12. The van der Waals surface area contributed by atoms with Crippen LogP contribution in [0, 0.1) is 0 Å². The minimum absolute atomic E-state index is 0.0727. The number of rotatable bonds is 7. The molecule has 0 aliphatic carbocycles. The van der Waals surface area contributed by atoms with Gasteiger partial charge in [0.15, 0.2) is 8.32 Å². The molecule has 6 heteroatoms. The molecular formula is C20H38BBrO3Si. The second kappa shape index (κ2) is 8.24. The molecule has 0 aromatic heterocycles. The van der Waals surface area contributed by atoms with Crippen LogP contribution in [0.1, 0.15) is 61.8 Å². The van der Waals surface area contributed by atoms with E-state index in [1.807, 2.05) is 0 Å². The fraction of sp³-hybridized carbons (Fsp3) is 0.800. The van der Waals surface area contributed by atoms with E-state index < -0.39 is 15.4 Å². The summed E-state index contributed by atoms with van der Waals surface area (Å²) in [5.74, 6) is 0. The molecule has 150 valence electrons. The SMILES string of the molecule is C=C(/C(=C/CCBr)B1OC(C)(C)C(C)(C)O1)C(C)O[Si](C)(C)C(C)(C)C. The Morgan fingerprint density at radius 2 is 1.65 bits per heavy atom. The Hall–Kier alpha value is 0.122. The number of hydrogen-bond acceptors (Lipinski definition) is 3. The second-order valence-corrected chi connectivity index (χ2v) is 15.3. The van der Waals surface area contributed by atoms with Crippen LogP contribution in [-0.2, 0) is 13.7 Å².